The Kier molecular flexibility index (Phi) is 3.85. The number of halogens is 2. The van der Waals surface area contributed by atoms with E-state index >= 15 is 0 Å². The Bertz CT molecular complexity index is 697. The molecule has 2 aliphatic rings. The molecule has 2 aromatic rings. The van der Waals surface area contributed by atoms with Crippen LogP contribution in [0.4, 0.5) is 8.78 Å². The molecule has 0 aromatic heterocycles. The zero-order valence-corrected chi connectivity index (χ0v) is 12.9. The van der Waals surface area contributed by atoms with Crippen LogP contribution in [-0.2, 0) is 9.47 Å². The van der Waals surface area contributed by atoms with Crippen molar-refractivity contribution in [1.29, 1.82) is 0 Å². The van der Waals surface area contributed by atoms with Crippen molar-refractivity contribution in [3.63, 3.8) is 0 Å². The summed E-state index contributed by atoms with van der Waals surface area (Å²) in [4.78, 5) is 1.87. The van der Waals surface area contributed by atoms with Crippen LogP contribution in [0.15, 0.2) is 48.5 Å². The van der Waals surface area contributed by atoms with Crippen molar-refractivity contribution in [1.82, 2.24) is 4.90 Å². The molecule has 2 aromatic carbocycles. The minimum atomic E-state index is -0.714. The zero-order valence-electron chi connectivity index (χ0n) is 12.9. The van der Waals surface area contributed by atoms with E-state index in [1.807, 2.05) is 4.90 Å². The molecule has 0 aliphatic carbocycles. The van der Waals surface area contributed by atoms with Gasteiger partial charge in [0, 0.05) is 0 Å². The van der Waals surface area contributed by atoms with Crippen LogP contribution in [0.3, 0.4) is 0 Å². The molecule has 2 aliphatic heterocycles. The fourth-order valence-electron chi connectivity index (χ4n) is 3.45. The summed E-state index contributed by atoms with van der Waals surface area (Å²) in [5.74, 6) is -0.722. The second kappa shape index (κ2) is 5.89. The van der Waals surface area contributed by atoms with E-state index < -0.39 is 18.0 Å². The highest BCUT2D eigenvalue weighted by Gasteiger charge is 2.56. The van der Waals surface area contributed by atoms with Crippen LogP contribution in [0.2, 0.25) is 0 Å². The van der Waals surface area contributed by atoms with Crippen LogP contribution in [-0.4, -0.2) is 35.4 Å². The minimum Gasteiger partial charge on any atom is -0.394 e. The number of hydrogen-bond acceptors (Lipinski definition) is 4. The largest absolute Gasteiger partial charge is 0.394 e. The Balaban J connectivity index is 1.75. The molecule has 6 heteroatoms. The van der Waals surface area contributed by atoms with E-state index in [4.69, 9.17) is 9.47 Å². The van der Waals surface area contributed by atoms with Gasteiger partial charge in [-0.25, -0.2) is 13.7 Å². The van der Waals surface area contributed by atoms with Gasteiger partial charge in [0.05, 0.1) is 25.4 Å². The molecule has 4 rings (SSSR count). The van der Waals surface area contributed by atoms with Crippen LogP contribution in [0, 0.1) is 11.6 Å². The van der Waals surface area contributed by atoms with Gasteiger partial charge in [-0.05, 0) is 35.4 Å². The van der Waals surface area contributed by atoms with E-state index in [0.29, 0.717) is 11.1 Å². The predicted octanol–water partition coefficient (Wildman–Crippen LogP) is 2.76. The summed E-state index contributed by atoms with van der Waals surface area (Å²) in [5, 5.41) is 9.92. The van der Waals surface area contributed by atoms with E-state index in [9.17, 15) is 13.9 Å². The Morgan fingerprint density at radius 1 is 0.958 bits per heavy atom. The maximum absolute atomic E-state index is 13.6. The van der Waals surface area contributed by atoms with Gasteiger partial charge in [0.1, 0.15) is 24.1 Å². The van der Waals surface area contributed by atoms with Crippen LogP contribution in [0.25, 0.3) is 0 Å². The lowest BCUT2D eigenvalue weighted by Gasteiger charge is -2.33. The number of nitrogens with zero attached hydrogens (tertiary/aromatic N) is 1. The minimum absolute atomic E-state index is 0.162. The molecule has 0 amide bonds. The first-order valence-corrected chi connectivity index (χ1v) is 7.76. The smallest absolute Gasteiger partial charge is 0.139 e. The summed E-state index contributed by atoms with van der Waals surface area (Å²) in [5.41, 5.74) is 0.558. The molecular formula is C18H17F2NO3. The van der Waals surface area contributed by atoms with Gasteiger partial charge in [0.25, 0.3) is 0 Å². The van der Waals surface area contributed by atoms with Gasteiger partial charge < -0.3 is 14.6 Å². The number of rotatable bonds is 3. The van der Waals surface area contributed by atoms with Gasteiger partial charge in [-0.15, -0.1) is 0 Å². The van der Waals surface area contributed by atoms with Gasteiger partial charge in [-0.2, -0.15) is 0 Å². The molecule has 2 heterocycles. The summed E-state index contributed by atoms with van der Waals surface area (Å²) in [6.45, 7) is 0.359. The van der Waals surface area contributed by atoms with Gasteiger partial charge >= 0.3 is 0 Å². The molecule has 126 valence electrons. The molecule has 2 fully saturated rings. The highest BCUT2D eigenvalue weighted by molar-refractivity contribution is 5.26. The fourth-order valence-corrected chi connectivity index (χ4v) is 3.45. The number of benzene rings is 2. The van der Waals surface area contributed by atoms with Gasteiger partial charge in [-0.3, -0.25) is 0 Å². The normalized spacial score (nSPS) is 29.8. The zero-order chi connectivity index (χ0) is 16.7. The van der Waals surface area contributed by atoms with Crippen molar-refractivity contribution >= 4 is 0 Å². The first-order valence-electron chi connectivity index (χ1n) is 7.76. The van der Waals surface area contributed by atoms with Crippen molar-refractivity contribution in [3.05, 3.63) is 71.3 Å². The monoisotopic (exact) mass is 333 g/mol. The number of aliphatic hydroxyl groups excluding tert-OH is 1. The lowest BCUT2D eigenvalue weighted by molar-refractivity contribution is -0.0632. The molecule has 1 N–H and O–H groups in total. The van der Waals surface area contributed by atoms with Crippen molar-refractivity contribution in [2.75, 3.05) is 19.8 Å². The Morgan fingerprint density at radius 3 is 1.88 bits per heavy atom. The van der Waals surface area contributed by atoms with Gasteiger partial charge in [0.2, 0.25) is 0 Å². The van der Waals surface area contributed by atoms with Crippen molar-refractivity contribution in [3.8, 4) is 0 Å². The molecule has 3 atom stereocenters. The SMILES string of the molecule is OCC12CO[C@H](c3cccc(F)c3)N1[C@H](c1cccc(F)c1)OC2. The summed E-state index contributed by atoms with van der Waals surface area (Å²) >= 11 is 0. The molecule has 0 radical (unpaired) electrons. The summed E-state index contributed by atoms with van der Waals surface area (Å²) < 4.78 is 38.9. The molecule has 2 saturated heterocycles. The average molecular weight is 333 g/mol. The topological polar surface area (TPSA) is 41.9 Å². The number of ether oxygens (including phenoxy) is 2. The first kappa shape index (κ1) is 15.7. The average Bonchev–Trinajstić information content (AvgIpc) is 3.12. The summed E-state index contributed by atoms with van der Waals surface area (Å²) in [6, 6.07) is 12.3. The molecule has 24 heavy (non-hydrogen) atoms. The third-order valence-corrected chi connectivity index (χ3v) is 4.63. The standard InChI is InChI=1S/C18H17F2NO3/c19-14-5-1-3-12(7-14)16-21-17(13-4-2-6-15(20)8-13)24-11-18(21,9-22)10-23-16/h1-8,16-17,22H,9-11H2/t16-,17+,18?. The van der Waals surface area contributed by atoms with E-state index in [1.165, 1.54) is 24.3 Å². The number of hydrogen-bond donors (Lipinski definition) is 1. The van der Waals surface area contributed by atoms with Crippen molar-refractivity contribution in [2.24, 2.45) is 0 Å². The Morgan fingerprint density at radius 2 is 1.46 bits per heavy atom. The molecule has 4 nitrogen and oxygen atoms in total. The van der Waals surface area contributed by atoms with Gasteiger partial charge in [0.15, 0.2) is 0 Å². The lowest BCUT2D eigenvalue weighted by atomic mass is 10.0. The van der Waals surface area contributed by atoms with E-state index in [1.54, 1.807) is 24.3 Å². The quantitative estimate of drug-likeness (QED) is 0.938. The molecule has 0 saturated carbocycles. The second-order valence-corrected chi connectivity index (χ2v) is 6.23. The van der Waals surface area contributed by atoms with Crippen LogP contribution in [0.5, 0.6) is 0 Å². The Hall–Kier alpha value is -1.86. The second-order valence-electron chi connectivity index (χ2n) is 6.23. The highest BCUT2D eigenvalue weighted by Crippen LogP contribution is 2.48. The lowest BCUT2D eigenvalue weighted by Crippen LogP contribution is -2.47. The fraction of sp³-hybridized carbons (Fsp3) is 0.333. The molecule has 0 bridgehead atoms. The van der Waals surface area contributed by atoms with Gasteiger partial charge in [-0.1, -0.05) is 24.3 Å². The maximum atomic E-state index is 13.6. The molecule has 1 unspecified atom stereocenters. The first-order chi connectivity index (χ1) is 11.6. The number of aliphatic hydroxyl groups is 1. The molecular weight excluding hydrogens is 316 g/mol. The van der Waals surface area contributed by atoms with E-state index in [-0.39, 0.29) is 31.5 Å². The van der Waals surface area contributed by atoms with Crippen LogP contribution >= 0.6 is 0 Å². The number of fused-ring (bicyclic) bond motifs is 1. The molecule has 0 spiro atoms. The summed E-state index contributed by atoms with van der Waals surface area (Å²) in [6.07, 6.45) is -1.13. The van der Waals surface area contributed by atoms with E-state index in [2.05, 4.69) is 0 Å². The summed E-state index contributed by atoms with van der Waals surface area (Å²) in [7, 11) is 0. The Labute approximate surface area is 138 Å². The third kappa shape index (κ3) is 2.43. The van der Waals surface area contributed by atoms with E-state index in [0.717, 1.165) is 0 Å². The highest BCUT2D eigenvalue weighted by atomic mass is 19.1. The van der Waals surface area contributed by atoms with Crippen LogP contribution < -0.4 is 0 Å². The van der Waals surface area contributed by atoms with Crippen molar-refractivity contribution < 1.29 is 23.4 Å². The van der Waals surface area contributed by atoms with Crippen LogP contribution in [0.1, 0.15) is 23.6 Å². The third-order valence-electron chi connectivity index (χ3n) is 4.63. The maximum Gasteiger partial charge on any atom is 0.139 e. The van der Waals surface area contributed by atoms with Crippen molar-refractivity contribution in [2.45, 2.75) is 18.0 Å². The predicted molar refractivity (Wildman–Crippen MR) is 81.8 cm³/mol.